The molecule has 2 N–H and O–H groups in total. The summed E-state index contributed by atoms with van der Waals surface area (Å²) in [4.78, 5) is 21.0. The highest BCUT2D eigenvalue weighted by Crippen LogP contribution is 2.13. The summed E-state index contributed by atoms with van der Waals surface area (Å²) < 4.78 is 18.7. The zero-order valence-electron chi connectivity index (χ0n) is 17.8. The van der Waals surface area contributed by atoms with Crippen molar-refractivity contribution in [2.24, 2.45) is 0 Å². The number of amides is 1. The van der Waals surface area contributed by atoms with E-state index < -0.39 is 17.8 Å². The number of carbonyl (C=O) groups is 1. The van der Waals surface area contributed by atoms with Crippen LogP contribution in [-0.4, -0.2) is 64.6 Å². The van der Waals surface area contributed by atoms with Crippen molar-refractivity contribution in [3.8, 4) is 0 Å². The highest BCUT2D eigenvalue weighted by atomic mass is 19.1. The highest BCUT2D eigenvalue weighted by molar-refractivity contribution is 6.02. The van der Waals surface area contributed by atoms with Gasteiger partial charge in [0.2, 0.25) is 5.89 Å². The Morgan fingerprint density at radius 3 is 2.59 bits per heavy atom. The molecule has 1 aliphatic heterocycles. The van der Waals surface area contributed by atoms with Crippen molar-refractivity contribution >= 4 is 11.6 Å². The molecule has 1 aromatic heterocycles. The molecule has 4 rings (SSSR count). The van der Waals surface area contributed by atoms with Crippen molar-refractivity contribution in [2.45, 2.75) is 19.1 Å². The molecule has 0 bridgehead atoms. The Balaban J connectivity index is 1.21. The van der Waals surface area contributed by atoms with E-state index in [1.807, 2.05) is 30.3 Å². The number of hydrogen-bond donors (Lipinski definition) is 2. The van der Waals surface area contributed by atoms with E-state index in [1.165, 1.54) is 24.5 Å². The predicted molar refractivity (Wildman–Crippen MR) is 119 cm³/mol. The standard InChI is InChI=1S/C24H27FN4O3/c25-19-7-4-8-20(14-19)26-24(31)22-17-32-23(27-22)16-29-11-9-28(10-12-29)15-21(30)13-18-5-2-1-3-6-18/h1-8,14,17,21,30H,9-13,15-16H2,(H,26,31). The van der Waals surface area contributed by atoms with Crippen molar-refractivity contribution in [1.82, 2.24) is 14.8 Å². The number of aliphatic hydroxyl groups is 1. The minimum absolute atomic E-state index is 0.159. The Morgan fingerprint density at radius 1 is 1.09 bits per heavy atom. The smallest absolute Gasteiger partial charge is 0.277 e. The van der Waals surface area contributed by atoms with Crippen LogP contribution in [0.4, 0.5) is 10.1 Å². The molecule has 2 aromatic carbocycles. The number of benzene rings is 2. The van der Waals surface area contributed by atoms with Gasteiger partial charge in [0.05, 0.1) is 12.6 Å². The average molecular weight is 439 g/mol. The van der Waals surface area contributed by atoms with Gasteiger partial charge in [-0.2, -0.15) is 0 Å². The summed E-state index contributed by atoms with van der Waals surface area (Å²) in [6.07, 6.45) is 1.58. The second-order valence-electron chi connectivity index (χ2n) is 8.01. The molecule has 32 heavy (non-hydrogen) atoms. The van der Waals surface area contributed by atoms with Gasteiger partial charge in [0.15, 0.2) is 5.69 Å². The summed E-state index contributed by atoms with van der Waals surface area (Å²) in [5, 5.41) is 13.0. The van der Waals surface area contributed by atoms with E-state index in [9.17, 15) is 14.3 Å². The Morgan fingerprint density at radius 2 is 1.84 bits per heavy atom. The minimum Gasteiger partial charge on any atom is -0.447 e. The van der Waals surface area contributed by atoms with Gasteiger partial charge in [0, 0.05) is 38.4 Å². The quantitative estimate of drug-likeness (QED) is 0.563. The summed E-state index contributed by atoms with van der Waals surface area (Å²) in [7, 11) is 0. The van der Waals surface area contributed by atoms with Gasteiger partial charge in [-0.1, -0.05) is 36.4 Å². The lowest BCUT2D eigenvalue weighted by Gasteiger charge is -2.35. The number of aromatic nitrogens is 1. The number of nitrogens with zero attached hydrogens (tertiary/aromatic N) is 3. The van der Waals surface area contributed by atoms with Crippen LogP contribution in [0.15, 0.2) is 65.3 Å². The maximum atomic E-state index is 13.3. The number of piperazine rings is 1. The summed E-state index contributed by atoms with van der Waals surface area (Å²) in [6, 6.07) is 15.7. The lowest BCUT2D eigenvalue weighted by atomic mass is 10.1. The van der Waals surface area contributed by atoms with Gasteiger partial charge in [-0.15, -0.1) is 0 Å². The molecule has 1 atom stereocenters. The Bertz CT molecular complexity index is 1020. The second kappa shape index (κ2) is 10.5. The number of halogens is 1. The predicted octanol–water partition coefficient (Wildman–Crippen LogP) is 2.79. The molecule has 1 amide bonds. The third kappa shape index (κ3) is 6.23. The Labute approximate surface area is 186 Å². The van der Waals surface area contributed by atoms with Crippen LogP contribution in [0.25, 0.3) is 0 Å². The van der Waals surface area contributed by atoms with Crippen LogP contribution in [0.1, 0.15) is 21.9 Å². The first kappa shape index (κ1) is 22.1. The molecule has 0 radical (unpaired) electrons. The van der Waals surface area contributed by atoms with Gasteiger partial charge in [-0.25, -0.2) is 9.37 Å². The lowest BCUT2D eigenvalue weighted by molar-refractivity contribution is 0.0675. The molecule has 1 unspecified atom stereocenters. The van der Waals surface area contributed by atoms with Gasteiger partial charge in [-0.3, -0.25) is 14.6 Å². The highest BCUT2D eigenvalue weighted by Gasteiger charge is 2.21. The van der Waals surface area contributed by atoms with Crippen molar-refractivity contribution in [3.05, 3.63) is 83.8 Å². The molecule has 1 fully saturated rings. The van der Waals surface area contributed by atoms with Crippen LogP contribution in [0.3, 0.4) is 0 Å². The number of anilines is 1. The Hall–Kier alpha value is -3.07. The molecule has 0 spiro atoms. The first-order chi connectivity index (χ1) is 15.5. The fraction of sp³-hybridized carbons (Fsp3) is 0.333. The largest absolute Gasteiger partial charge is 0.447 e. The van der Waals surface area contributed by atoms with Gasteiger partial charge in [0.25, 0.3) is 5.91 Å². The minimum atomic E-state index is -0.442. The van der Waals surface area contributed by atoms with E-state index in [1.54, 1.807) is 6.07 Å². The van der Waals surface area contributed by atoms with E-state index in [0.717, 1.165) is 31.7 Å². The summed E-state index contributed by atoms with van der Waals surface area (Å²) in [5.74, 6) is -0.398. The topological polar surface area (TPSA) is 81.8 Å². The van der Waals surface area contributed by atoms with E-state index in [4.69, 9.17) is 4.42 Å². The zero-order valence-corrected chi connectivity index (χ0v) is 17.8. The molecule has 1 aliphatic rings. The molecule has 8 heteroatoms. The van der Waals surface area contributed by atoms with Crippen molar-refractivity contribution in [3.63, 3.8) is 0 Å². The van der Waals surface area contributed by atoms with Gasteiger partial charge < -0.3 is 14.8 Å². The number of β-amino-alcohol motifs (C(OH)–C–C–N with tert-alkyl or cyclic N) is 1. The third-order valence-electron chi connectivity index (χ3n) is 5.47. The molecular weight excluding hydrogens is 411 g/mol. The molecule has 2 heterocycles. The molecule has 0 aliphatic carbocycles. The maximum absolute atomic E-state index is 13.3. The Kier molecular flexibility index (Phi) is 7.26. The molecule has 7 nitrogen and oxygen atoms in total. The van der Waals surface area contributed by atoms with Crippen LogP contribution in [0, 0.1) is 5.82 Å². The summed E-state index contributed by atoms with van der Waals surface area (Å²) in [5.41, 5.74) is 1.66. The van der Waals surface area contributed by atoms with Crippen LogP contribution >= 0.6 is 0 Å². The number of rotatable bonds is 8. The first-order valence-corrected chi connectivity index (χ1v) is 10.7. The van der Waals surface area contributed by atoms with Crippen molar-refractivity contribution in [2.75, 3.05) is 38.0 Å². The summed E-state index contributed by atoms with van der Waals surface area (Å²) in [6.45, 7) is 4.50. The van der Waals surface area contributed by atoms with Gasteiger partial charge >= 0.3 is 0 Å². The normalized spacial score (nSPS) is 16.1. The monoisotopic (exact) mass is 438 g/mol. The van der Waals surface area contributed by atoms with Gasteiger partial charge in [-0.05, 0) is 30.2 Å². The van der Waals surface area contributed by atoms with Crippen molar-refractivity contribution < 1.29 is 18.7 Å². The number of oxazole rings is 1. The SMILES string of the molecule is O=C(Nc1cccc(F)c1)c1coc(CN2CCN(CC(O)Cc3ccccc3)CC2)n1. The van der Waals surface area contributed by atoms with E-state index in [0.29, 0.717) is 31.1 Å². The second-order valence-corrected chi connectivity index (χ2v) is 8.01. The molecule has 0 saturated carbocycles. The fourth-order valence-corrected chi connectivity index (χ4v) is 3.82. The lowest BCUT2D eigenvalue weighted by Crippen LogP contribution is -2.48. The van der Waals surface area contributed by atoms with Gasteiger partial charge in [0.1, 0.15) is 12.1 Å². The zero-order chi connectivity index (χ0) is 22.3. The number of hydrogen-bond acceptors (Lipinski definition) is 6. The number of carbonyl (C=O) groups excluding carboxylic acids is 1. The van der Waals surface area contributed by atoms with Crippen molar-refractivity contribution in [1.29, 1.82) is 0 Å². The van der Waals surface area contributed by atoms with E-state index >= 15 is 0 Å². The van der Waals surface area contributed by atoms with Crippen LogP contribution in [0.2, 0.25) is 0 Å². The number of aliphatic hydroxyl groups excluding tert-OH is 1. The molecule has 3 aromatic rings. The van der Waals surface area contributed by atoms with E-state index in [2.05, 4.69) is 20.1 Å². The fourth-order valence-electron chi connectivity index (χ4n) is 3.82. The van der Waals surface area contributed by atoms with Crippen LogP contribution in [0.5, 0.6) is 0 Å². The van der Waals surface area contributed by atoms with Crippen LogP contribution < -0.4 is 5.32 Å². The average Bonchev–Trinajstić information content (AvgIpc) is 3.24. The first-order valence-electron chi connectivity index (χ1n) is 10.7. The summed E-state index contributed by atoms with van der Waals surface area (Å²) >= 11 is 0. The molecule has 1 saturated heterocycles. The van der Waals surface area contributed by atoms with E-state index in [-0.39, 0.29) is 5.69 Å². The number of nitrogens with one attached hydrogen (secondary N) is 1. The molecule has 168 valence electrons. The maximum Gasteiger partial charge on any atom is 0.277 e. The van der Waals surface area contributed by atoms with Crippen LogP contribution in [-0.2, 0) is 13.0 Å². The third-order valence-corrected chi connectivity index (χ3v) is 5.47. The molecular formula is C24H27FN4O3.